The van der Waals surface area contributed by atoms with Crippen LogP contribution in [0.25, 0.3) is 0 Å². The average molecular weight is 495 g/mol. The van der Waals surface area contributed by atoms with Crippen LogP contribution < -0.4 is 9.47 Å². The van der Waals surface area contributed by atoms with E-state index in [1.165, 1.54) is 13.8 Å². The molecule has 0 unspecified atom stereocenters. The van der Waals surface area contributed by atoms with Gasteiger partial charge in [-0.3, -0.25) is 9.59 Å². The summed E-state index contributed by atoms with van der Waals surface area (Å²) in [4.78, 5) is 22.4. The maximum atomic E-state index is 11.2. The summed E-state index contributed by atoms with van der Waals surface area (Å²) in [6.45, 7) is 2.88. The van der Waals surface area contributed by atoms with Gasteiger partial charge in [-0.25, -0.2) is 0 Å². The van der Waals surface area contributed by atoms with Crippen LogP contribution >= 0.6 is 11.8 Å². The Kier molecular flexibility index (Phi) is 14.3. The fraction of sp³-hybridized carbons (Fsp3) is 0.400. The summed E-state index contributed by atoms with van der Waals surface area (Å²) in [7, 11) is 0. The van der Waals surface area contributed by atoms with Crippen LogP contribution in [-0.4, -0.2) is 11.9 Å². The van der Waals surface area contributed by atoms with E-state index in [1.807, 2.05) is 48.5 Å². The normalized spacial score (nSPS) is 11.3. The van der Waals surface area contributed by atoms with Crippen molar-refractivity contribution < 1.29 is 19.1 Å². The molecule has 4 nitrogen and oxygen atoms in total. The molecule has 0 radical (unpaired) electrons. The lowest BCUT2D eigenvalue weighted by Crippen LogP contribution is -2.03. The number of ether oxygens (including phenoxy) is 2. The van der Waals surface area contributed by atoms with Crippen molar-refractivity contribution in [1.29, 1.82) is 0 Å². The van der Waals surface area contributed by atoms with Crippen LogP contribution in [0.5, 0.6) is 11.5 Å². The van der Waals surface area contributed by atoms with Gasteiger partial charge in [0, 0.05) is 13.8 Å². The van der Waals surface area contributed by atoms with Gasteiger partial charge in [-0.05, 0) is 85.4 Å². The van der Waals surface area contributed by atoms with Gasteiger partial charge in [-0.15, -0.1) is 11.8 Å². The number of hydrogen-bond acceptors (Lipinski definition) is 5. The molecule has 0 heterocycles. The van der Waals surface area contributed by atoms with Crippen LogP contribution in [-0.2, 0) is 22.4 Å². The van der Waals surface area contributed by atoms with Crippen molar-refractivity contribution in [1.82, 2.24) is 0 Å². The molecular weight excluding hydrogens is 456 g/mol. The van der Waals surface area contributed by atoms with Gasteiger partial charge in [0.05, 0.1) is 0 Å². The molecule has 0 aromatic heterocycles. The van der Waals surface area contributed by atoms with E-state index in [-0.39, 0.29) is 11.9 Å². The first-order chi connectivity index (χ1) is 17.1. The quantitative estimate of drug-likeness (QED) is 0.134. The van der Waals surface area contributed by atoms with E-state index in [4.69, 9.17) is 9.47 Å². The fourth-order valence-corrected chi connectivity index (χ4v) is 4.32. The molecule has 0 saturated heterocycles. The number of carbonyl (C=O) groups excluding carboxylic acids is 2. The summed E-state index contributed by atoms with van der Waals surface area (Å²) < 4.78 is 10.5. The second-order valence-electron chi connectivity index (χ2n) is 8.48. The van der Waals surface area contributed by atoms with Crippen molar-refractivity contribution >= 4 is 23.7 Å². The third-order valence-electron chi connectivity index (χ3n) is 5.44. The zero-order chi connectivity index (χ0) is 25.1. The maximum Gasteiger partial charge on any atom is 0.308 e. The minimum Gasteiger partial charge on any atom is -0.426 e. The third-order valence-corrected chi connectivity index (χ3v) is 6.14. The molecule has 188 valence electrons. The van der Waals surface area contributed by atoms with Crippen LogP contribution in [0.4, 0.5) is 0 Å². The highest BCUT2D eigenvalue weighted by Crippen LogP contribution is 2.22. The van der Waals surface area contributed by atoms with Crippen molar-refractivity contribution in [3.05, 3.63) is 82.6 Å². The highest BCUT2D eigenvalue weighted by atomic mass is 32.2. The van der Waals surface area contributed by atoms with E-state index in [0.29, 0.717) is 11.5 Å². The summed E-state index contributed by atoms with van der Waals surface area (Å²) >= 11 is 1.73. The van der Waals surface area contributed by atoms with Gasteiger partial charge >= 0.3 is 11.9 Å². The van der Waals surface area contributed by atoms with E-state index in [0.717, 1.165) is 75.3 Å². The topological polar surface area (TPSA) is 52.6 Å². The molecule has 5 heteroatoms. The molecular formula is C30H38O4S. The summed E-state index contributed by atoms with van der Waals surface area (Å²) in [5.41, 5.74) is 2.21. The van der Waals surface area contributed by atoms with Gasteiger partial charge in [-0.2, -0.15) is 0 Å². The van der Waals surface area contributed by atoms with E-state index in [2.05, 4.69) is 23.0 Å². The number of hydrogen-bond donors (Lipinski definition) is 0. The third kappa shape index (κ3) is 13.0. The van der Waals surface area contributed by atoms with E-state index < -0.39 is 0 Å². The Bertz CT molecular complexity index is 887. The molecule has 0 atom stereocenters. The van der Waals surface area contributed by atoms with E-state index >= 15 is 0 Å². The number of unbranched alkanes of at least 4 members (excludes halogenated alkanes) is 6. The second-order valence-corrected chi connectivity index (χ2v) is 9.30. The summed E-state index contributed by atoms with van der Waals surface area (Å²) in [6, 6.07) is 15.6. The smallest absolute Gasteiger partial charge is 0.308 e. The predicted molar refractivity (Wildman–Crippen MR) is 146 cm³/mol. The molecule has 35 heavy (non-hydrogen) atoms. The molecule has 0 amide bonds. The molecule has 0 fully saturated rings. The van der Waals surface area contributed by atoms with Crippen molar-refractivity contribution in [2.45, 2.75) is 78.1 Å². The van der Waals surface area contributed by atoms with Gasteiger partial charge in [0.2, 0.25) is 0 Å². The van der Waals surface area contributed by atoms with Gasteiger partial charge in [0.1, 0.15) is 11.5 Å². The number of rotatable bonds is 16. The number of benzene rings is 2. The summed E-state index contributed by atoms with van der Waals surface area (Å²) in [5, 5.41) is 4.33. The Hall–Kier alpha value is -2.79. The van der Waals surface area contributed by atoms with Crippen LogP contribution in [0.15, 0.2) is 71.5 Å². The lowest BCUT2D eigenvalue weighted by Gasteiger charge is -2.08. The second kappa shape index (κ2) is 17.6. The molecule has 2 aromatic carbocycles. The number of aryl methyl sites for hydroxylation is 2. The molecule has 0 aliphatic rings. The van der Waals surface area contributed by atoms with Gasteiger partial charge in [-0.1, -0.05) is 61.4 Å². The highest BCUT2D eigenvalue weighted by molar-refractivity contribution is 8.04. The molecule has 0 spiro atoms. The first-order valence-electron chi connectivity index (χ1n) is 12.5. The van der Waals surface area contributed by atoms with Crippen molar-refractivity contribution in [2.24, 2.45) is 0 Å². The van der Waals surface area contributed by atoms with Gasteiger partial charge < -0.3 is 9.47 Å². The Morgan fingerprint density at radius 3 is 1.51 bits per heavy atom. The zero-order valence-corrected chi connectivity index (χ0v) is 21.9. The largest absolute Gasteiger partial charge is 0.426 e. The lowest BCUT2D eigenvalue weighted by atomic mass is 10.1. The Balaban J connectivity index is 1.47. The van der Waals surface area contributed by atoms with Crippen molar-refractivity contribution in [2.75, 3.05) is 0 Å². The molecule has 0 aliphatic heterocycles. The van der Waals surface area contributed by atoms with Crippen LogP contribution in [0.1, 0.15) is 76.3 Å². The maximum absolute atomic E-state index is 11.2. The van der Waals surface area contributed by atoms with Crippen LogP contribution in [0, 0.1) is 0 Å². The van der Waals surface area contributed by atoms with Crippen LogP contribution in [0.2, 0.25) is 0 Å². The molecule has 0 saturated carbocycles. The minimum atomic E-state index is -0.270. The summed E-state index contributed by atoms with van der Waals surface area (Å²) in [5.74, 6) is 0.835. The predicted octanol–water partition coefficient (Wildman–Crippen LogP) is 8.20. The van der Waals surface area contributed by atoms with Gasteiger partial charge in [0.15, 0.2) is 0 Å². The average Bonchev–Trinajstić information content (AvgIpc) is 2.83. The Morgan fingerprint density at radius 1 is 0.657 bits per heavy atom. The first kappa shape index (κ1) is 28.4. The molecule has 2 aromatic rings. The van der Waals surface area contributed by atoms with E-state index in [1.54, 1.807) is 11.8 Å². The standard InChI is InChI=1S/C30H38O4S/c1-25(31)33-29-21-13-11-19-27(29)17-9-5-3-7-15-23-35-24-16-8-4-6-10-18-28-20-12-14-22-30(28)34-26(2)32/h11-16,19-24H,3-10,17-18H2,1-2H3/b23-15+,24-16+. The summed E-state index contributed by atoms with van der Waals surface area (Å²) in [6.07, 6.45) is 15.3. The zero-order valence-electron chi connectivity index (χ0n) is 21.0. The number of allylic oxidation sites excluding steroid dienone is 2. The minimum absolute atomic E-state index is 0.270. The van der Waals surface area contributed by atoms with Crippen LogP contribution in [0.3, 0.4) is 0 Å². The monoisotopic (exact) mass is 494 g/mol. The molecule has 0 N–H and O–H groups in total. The van der Waals surface area contributed by atoms with Crippen molar-refractivity contribution in [3.8, 4) is 11.5 Å². The molecule has 2 rings (SSSR count). The number of thioether (sulfide) groups is 1. The molecule has 0 bridgehead atoms. The number of esters is 2. The fourth-order valence-electron chi connectivity index (χ4n) is 3.73. The SMILES string of the molecule is CC(=O)Oc1ccccc1CCCCC/C=C/S/C=C/CCCCCc1ccccc1OC(C)=O. The lowest BCUT2D eigenvalue weighted by molar-refractivity contribution is -0.132. The Morgan fingerprint density at radius 2 is 1.09 bits per heavy atom. The van der Waals surface area contributed by atoms with E-state index in [9.17, 15) is 9.59 Å². The Labute approximate surface area is 214 Å². The molecule has 0 aliphatic carbocycles. The number of para-hydroxylation sites is 2. The highest BCUT2D eigenvalue weighted by Gasteiger charge is 2.06. The van der Waals surface area contributed by atoms with Gasteiger partial charge in [0.25, 0.3) is 0 Å². The van der Waals surface area contributed by atoms with Crippen molar-refractivity contribution in [3.63, 3.8) is 0 Å². The first-order valence-corrected chi connectivity index (χ1v) is 13.5. The number of carbonyl (C=O) groups is 2.